The molecule has 1 unspecified atom stereocenters. The van der Waals surface area contributed by atoms with Crippen LogP contribution < -0.4 is 14.4 Å². The molecule has 5 rings (SSSR count). The molecular weight excluding hydrogens is 556 g/mol. The van der Waals surface area contributed by atoms with Crippen LogP contribution in [-0.4, -0.2) is 35.5 Å². The molecule has 9 heteroatoms. The van der Waals surface area contributed by atoms with Crippen LogP contribution in [0.5, 0.6) is 11.5 Å². The standard InChI is InChI=1S/C28H23BrN2O5S/c1-3-13-36-20-6-4-5-17(14-20)25(32)23-24(16-7-9-18(29)10-8-16)31(27(34)26(23)33)28-30-21-12-11-19(35-2)15-22(21)37-28/h4-12,14-15,24,32H,3,13H2,1-2H3/b25-23+. The molecular formula is C28H23BrN2O5S. The van der Waals surface area contributed by atoms with Crippen molar-refractivity contribution in [3.63, 3.8) is 0 Å². The third-order valence-electron chi connectivity index (χ3n) is 6.00. The minimum atomic E-state index is -0.865. The number of aliphatic hydroxyl groups is 1. The van der Waals surface area contributed by atoms with Gasteiger partial charge in [-0.3, -0.25) is 14.5 Å². The quantitative estimate of drug-likeness (QED) is 0.153. The van der Waals surface area contributed by atoms with Gasteiger partial charge in [-0.2, -0.15) is 0 Å². The molecule has 1 aromatic heterocycles. The Hall–Kier alpha value is -3.69. The van der Waals surface area contributed by atoms with Crippen LogP contribution in [0.25, 0.3) is 16.0 Å². The predicted octanol–water partition coefficient (Wildman–Crippen LogP) is 6.48. The number of hydrogen-bond donors (Lipinski definition) is 1. The van der Waals surface area contributed by atoms with Gasteiger partial charge in [0.05, 0.1) is 35.5 Å². The smallest absolute Gasteiger partial charge is 0.301 e. The van der Waals surface area contributed by atoms with Gasteiger partial charge in [0, 0.05) is 10.0 Å². The fourth-order valence-electron chi connectivity index (χ4n) is 4.22. The molecule has 37 heavy (non-hydrogen) atoms. The second kappa shape index (κ2) is 10.4. The van der Waals surface area contributed by atoms with Crippen molar-refractivity contribution in [1.29, 1.82) is 0 Å². The number of anilines is 1. The number of halogens is 1. The third-order valence-corrected chi connectivity index (χ3v) is 7.55. The maximum absolute atomic E-state index is 13.4. The van der Waals surface area contributed by atoms with Crippen molar-refractivity contribution in [2.75, 3.05) is 18.6 Å². The van der Waals surface area contributed by atoms with Crippen LogP contribution in [0.3, 0.4) is 0 Å². The van der Waals surface area contributed by atoms with Crippen molar-refractivity contribution in [2.24, 2.45) is 0 Å². The van der Waals surface area contributed by atoms with Crippen LogP contribution >= 0.6 is 27.3 Å². The first-order valence-corrected chi connectivity index (χ1v) is 13.3. The highest BCUT2D eigenvalue weighted by molar-refractivity contribution is 9.10. The Morgan fingerprint density at radius 2 is 1.86 bits per heavy atom. The van der Waals surface area contributed by atoms with E-state index in [1.54, 1.807) is 43.5 Å². The molecule has 188 valence electrons. The molecule has 1 aliphatic heterocycles. The fourth-order valence-corrected chi connectivity index (χ4v) is 5.51. The largest absolute Gasteiger partial charge is 0.507 e. The molecule has 0 bridgehead atoms. The zero-order chi connectivity index (χ0) is 26.1. The molecule has 7 nitrogen and oxygen atoms in total. The minimum Gasteiger partial charge on any atom is -0.507 e. The highest BCUT2D eigenvalue weighted by Crippen LogP contribution is 2.45. The number of aliphatic hydroxyl groups excluding tert-OH is 1. The van der Waals surface area contributed by atoms with E-state index in [-0.39, 0.29) is 11.3 Å². The zero-order valence-electron chi connectivity index (χ0n) is 20.1. The lowest BCUT2D eigenvalue weighted by Crippen LogP contribution is -2.29. The van der Waals surface area contributed by atoms with Crippen LogP contribution in [-0.2, 0) is 9.59 Å². The predicted molar refractivity (Wildman–Crippen MR) is 147 cm³/mol. The van der Waals surface area contributed by atoms with Crippen LogP contribution in [0.4, 0.5) is 5.13 Å². The van der Waals surface area contributed by atoms with E-state index in [2.05, 4.69) is 20.9 Å². The number of methoxy groups -OCH3 is 1. The minimum absolute atomic E-state index is 0.00296. The van der Waals surface area contributed by atoms with E-state index in [9.17, 15) is 14.7 Å². The molecule has 2 heterocycles. The molecule has 3 aromatic carbocycles. The van der Waals surface area contributed by atoms with Gasteiger partial charge in [-0.05, 0) is 54.4 Å². The Morgan fingerprint density at radius 3 is 2.59 bits per heavy atom. The van der Waals surface area contributed by atoms with Crippen LogP contribution in [0.1, 0.15) is 30.5 Å². The number of carbonyl (C=O) groups excluding carboxylic acids is 2. The topological polar surface area (TPSA) is 89.0 Å². The van der Waals surface area contributed by atoms with Gasteiger partial charge in [0.15, 0.2) is 5.13 Å². The third kappa shape index (κ3) is 4.72. The van der Waals surface area contributed by atoms with Crippen LogP contribution in [0.15, 0.2) is 76.8 Å². The SMILES string of the molecule is CCCOc1cccc(/C(O)=C2\C(=O)C(=O)N(c3nc4ccc(OC)cc4s3)C2c2ccc(Br)cc2)c1. The molecule has 0 spiro atoms. The van der Waals surface area contributed by atoms with Crippen molar-refractivity contribution in [3.8, 4) is 11.5 Å². The number of rotatable bonds is 7. The second-order valence-corrected chi connectivity index (χ2v) is 10.4. The molecule has 1 atom stereocenters. The van der Waals surface area contributed by atoms with E-state index in [0.717, 1.165) is 15.6 Å². The summed E-state index contributed by atoms with van der Waals surface area (Å²) < 4.78 is 12.7. The number of nitrogens with zero attached hydrogens (tertiary/aromatic N) is 2. The number of ether oxygens (including phenoxy) is 2. The van der Waals surface area contributed by atoms with Crippen LogP contribution in [0.2, 0.25) is 0 Å². The van der Waals surface area contributed by atoms with Gasteiger partial charge in [-0.25, -0.2) is 4.98 Å². The lowest BCUT2D eigenvalue weighted by molar-refractivity contribution is -0.132. The summed E-state index contributed by atoms with van der Waals surface area (Å²) in [6, 6.07) is 18.7. The maximum atomic E-state index is 13.4. The molecule has 4 aromatic rings. The van der Waals surface area contributed by atoms with Gasteiger partial charge in [0.25, 0.3) is 5.78 Å². The van der Waals surface area contributed by atoms with Gasteiger partial charge in [-0.1, -0.05) is 58.5 Å². The Morgan fingerprint density at radius 1 is 1.08 bits per heavy atom. The number of thiazole rings is 1. The van der Waals surface area contributed by atoms with E-state index in [1.165, 1.54) is 16.2 Å². The zero-order valence-corrected chi connectivity index (χ0v) is 22.5. The lowest BCUT2D eigenvalue weighted by Gasteiger charge is -2.23. The van der Waals surface area contributed by atoms with Gasteiger partial charge in [0.1, 0.15) is 17.3 Å². The Labute approximate surface area is 226 Å². The van der Waals surface area contributed by atoms with Gasteiger partial charge < -0.3 is 14.6 Å². The van der Waals surface area contributed by atoms with E-state index in [4.69, 9.17) is 9.47 Å². The summed E-state index contributed by atoms with van der Waals surface area (Å²) in [4.78, 5) is 32.9. The monoisotopic (exact) mass is 578 g/mol. The molecule has 1 N–H and O–H groups in total. The van der Waals surface area contributed by atoms with Crippen molar-refractivity contribution < 1.29 is 24.2 Å². The van der Waals surface area contributed by atoms with E-state index in [0.29, 0.717) is 39.9 Å². The first-order valence-electron chi connectivity index (χ1n) is 11.7. The second-order valence-electron chi connectivity index (χ2n) is 8.43. The maximum Gasteiger partial charge on any atom is 0.301 e. The van der Waals surface area contributed by atoms with Crippen molar-refractivity contribution in [1.82, 2.24) is 4.98 Å². The van der Waals surface area contributed by atoms with Crippen molar-refractivity contribution in [2.45, 2.75) is 19.4 Å². The van der Waals surface area contributed by atoms with Crippen LogP contribution in [0, 0.1) is 0 Å². The highest BCUT2D eigenvalue weighted by Gasteiger charge is 2.48. The number of ketones is 1. The fraction of sp³-hybridized carbons (Fsp3) is 0.179. The van der Waals surface area contributed by atoms with Gasteiger partial charge in [0.2, 0.25) is 0 Å². The number of aromatic nitrogens is 1. The number of benzene rings is 3. The van der Waals surface area contributed by atoms with Crippen molar-refractivity contribution >= 4 is 60.1 Å². The molecule has 1 fully saturated rings. The summed E-state index contributed by atoms with van der Waals surface area (Å²) >= 11 is 4.72. The molecule has 1 aliphatic rings. The first-order chi connectivity index (χ1) is 17.9. The summed E-state index contributed by atoms with van der Waals surface area (Å²) in [5, 5.41) is 11.8. The average Bonchev–Trinajstić information content (AvgIpc) is 3.45. The summed E-state index contributed by atoms with van der Waals surface area (Å²) in [6.07, 6.45) is 0.832. The van der Waals surface area contributed by atoms with E-state index >= 15 is 0 Å². The number of carbonyl (C=O) groups is 2. The Bertz CT molecular complexity index is 1530. The van der Waals surface area contributed by atoms with E-state index < -0.39 is 17.7 Å². The normalized spacial score (nSPS) is 16.9. The van der Waals surface area contributed by atoms with Crippen molar-refractivity contribution in [3.05, 3.63) is 87.9 Å². The Balaban J connectivity index is 1.67. The molecule has 0 radical (unpaired) electrons. The molecule has 1 amide bonds. The summed E-state index contributed by atoms with van der Waals surface area (Å²) in [5.74, 6) is -0.556. The summed E-state index contributed by atoms with van der Waals surface area (Å²) in [6.45, 7) is 2.53. The van der Waals surface area contributed by atoms with E-state index in [1.807, 2.05) is 37.3 Å². The number of fused-ring (bicyclic) bond motifs is 1. The van der Waals surface area contributed by atoms with Gasteiger partial charge in [-0.15, -0.1) is 0 Å². The highest BCUT2D eigenvalue weighted by atomic mass is 79.9. The average molecular weight is 579 g/mol. The summed E-state index contributed by atoms with van der Waals surface area (Å²) in [7, 11) is 1.58. The first kappa shape index (κ1) is 25.0. The lowest BCUT2D eigenvalue weighted by atomic mass is 9.95. The molecule has 0 aliphatic carbocycles. The van der Waals surface area contributed by atoms with Gasteiger partial charge >= 0.3 is 5.91 Å². The molecule has 1 saturated heterocycles. The summed E-state index contributed by atoms with van der Waals surface area (Å²) in [5.41, 5.74) is 1.73. The number of amides is 1. The number of Topliss-reactive ketones (excluding diaryl/α,β-unsaturated/α-hetero) is 1. The Kier molecular flexibility index (Phi) is 6.99. The number of hydrogen-bond acceptors (Lipinski definition) is 7. The molecule has 0 saturated carbocycles.